The maximum atomic E-state index is 12.6. The van der Waals surface area contributed by atoms with Crippen molar-refractivity contribution in [3.05, 3.63) is 64.7 Å². The number of hydrazone groups is 1. The first-order chi connectivity index (χ1) is 12.7. The molecule has 0 spiro atoms. The maximum absolute atomic E-state index is 12.6. The first-order valence-corrected chi connectivity index (χ1v) is 10.2. The van der Waals surface area contributed by atoms with Crippen LogP contribution in [0.1, 0.15) is 25.0 Å². The summed E-state index contributed by atoms with van der Waals surface area (Å²) in [5, 5.41) is 4.37. The predicted molar refractivity (Wildman–Crippen MR) is 107 cm³/mol. The van der Waals surface area contributed by atoms with Crippen LogP contribution in [-0.4, -0.2) is 26.6 Å². The summed E-state index contributed by atoms with van der Waals surface area (Å²) < 4.78 is 27.6. The van der Waals surface area contributed by atoms with Crippen LogP contribution in [0.3, 0.4) is 0 Å². The lowest BCUT2D eigenvalue weighted by Crippen LogP contribution is -2.48. The fourth-order valence-corrected chi connectivity index (χ4v) is 3.79. The largest absolute Gasteiger partial charge is 0.271 e. The van der Waals surface area contributed by atoms with Crippen molar-refractivity contribution in [2.75, 3.05) is 0 Å². The SMILES string of the molecule is Cc1ccc(S(=O)(=O)N[C@H](C(=O)N/N=C\c2ccccc2Cl)C(C)C)cc1. The van der Waals surface area contributed by atoms with Gasteiger partial charge in [0.15, 0.2) is 0 Å². The molecule has 0 aromatic heterocycles. The molecule has 27 heavy (non-hydrogen) atoms. The minimum absolute atomic E-state index is 0.103. The molecule has 0 fully saturated rings. The molecule has 0 bridgehead atoms. The Hall–Kier alpha value is -2.22. The number of hydrogen-bond acceptors (Lipinski definition) is 4. The first-order valence-electron chi connectivity index (χ1n) is 8.37. The van der Waals surface area contributed by atoms with Crippen molar-refractivity contribution in [1.29, 1.82) is 0 Å². The van der Waals surface area contributed by atoms with Crippen LogP contribution in [-0.2, 0) is 14.8 Å². The van der Waals surface area contributed by atoms with Crippen molar-refractivity contribution in [2.24, 2.45) is 11.0 Å². The van der Waals surface area contributed by atoms with Crippen LogP contribution in [0.15, 0.2) is 58.5 Å². The monoisotopic (exact) mass is 407 g/mol. The van der Waals surface area contributed by atoms with Gasteiger partial charge in [0.25, 0.3) is 5.91 Å². The molecule has 144 valence electrons. The predicted octanol–water partition coefficient (Wildman–Crippen LogP) is 3.10. The number of hydrogen-bond donors (Lipinski definition) is 2. The van der Waals surface area contributed by atoms with E-state index >= 15 is 0 Å². The fraction of sp³-hybridized carbons (Fsp3) is 0.263. The van der Waals surface area contributed by atoms with Gasteiger partial charge in [0.2, 0.25) is 10.0 Å². The summed E-state index contributed by atoms with van der Waals surface area (Å²) in [6, 6.07) is 12.5. The summed E-state index contributed by atoms with van der Waals surface area (Å²) in [6.45, 7) is 5.37. The number of rotatable bonds is 7. The van der Waals surface area contributed by atoms with Crippen LogP contribution in [0.4, 0.5) is 0 Å². The number of sulfonamides is 1. The lowest BCUT2D eigenvalue weighted by molar-refractivity contribution is -0.123. The van der Waals surface area contributed by atoms with Gasteiger partial charge < -0.3 is 0 Å². The average Bonchev–Trinajstić information content (AvgIpc) is 2.61. The average molecular weight is 408 g/mol. The molecule has 0 aliphatic rings. The van der Waals surface area contributed by atoms with E-state index in [1.165, 1.54) is 18.3 Å². The highest BCUT2D eigenvalue weighted by Gasteiger charge is 2.28. The lowest BCUT2D eigenvalue weighted by atomic mass is 10.1. The minimum atomic E-state index is -3.83. The van der Waals surface area contributed by atoms with Crippen LogP contribution in [0, 0.1) is 12.8 Å². The molecule has 0 radical (unpaired) electrons. The quantitative estimate of drug-likeness (QED) is 0.546. The highest BCUT2D eigenvalue weighted by atomic mass is 35.5. The molecule has 0 heterocycles. The second kappa shape index (κ2) is 9.12. The Labute approximate surface area is 164 Å². The van der Waals surface area contributed by atoms with Crippen molar-refractivity contribution in [2.45, 2.75) is 31.7 Å². The van der Waals surface area contributed by atoms with E-state index in [0.29, 0.717) is 10.6 Å². The fourth-order valence-electron chi connectivity index (χ4n) is 2.26. The van der Waals surface area contributed by atoms with E-state index in [2.05, 4.69) is 15.2 Å². The zero-order valence-electron chi connectivity index (χ0n) is 15.3. The summed E-state index contributed by atoms with van der Waals surface area (Å²) in [7, 11) is -3.83. The van der Waals surface area contributed by atoms with Crippen molar-refractivity contribution in [3.63, 3.8) is 0 Å². The second-order valence-electron chi connectivity index (χ2n) is 6.41. The number of halogens is 1. The van der Waals surface area contributed by atoms with Gasteiger partial charge in [-0.1, -0.05) is 61.3 Å². The normalized spacial score (nSPS) is 13.1. The standard InChI is InChI=1S/C19H22ClN3O3S/c1-13(2)18(23-27(25,26)16-10-8-14(3)9-11-16)19(24)22-21-12-15-6-4-5-7-17(15)20/h4-13,18,23H,1-3H3,(H,22,24)/b21-12-/t18-/m0/s1. The van der Waals surface area contributed by atoms with Gasteiger partial charge in [-0.25, -0.2) is 13.8 Å². The number of nitrogens with zero attached hydrogens (tertiary/aromatic N) is 1. The number of carbonyl (C=O) groups is 1. The van der Waals surface area contributed by atoms with E-state index in [1.54, 1.807) is 50.2 Å². The van der Waals surface area contributed by atoms with E-state index in [0.717, 1.165) is 5.56 Å². The molecule has 0 unspecified atom stereocenters. The summed E-state index contributed by atoms with van der Waals surface area (Å²) in [5.41, 5.74) is 3.95. The molecule has 2 rings (SSSR count). The van der Waals surface area contributed by atoms with Gasteiger partial charge in [-0.15, -0.1) is 0 Å². The number of amides is 1. The Morgan fingerprint density at radius 3 is 2.33 bits per heavy atom. The number of nitrogens with one attached hydrogen (secondary N) is 2. The molecule has 1 atom stereocenters. The molecule has 0 saturated heterocycles. The summed E-state index contributed by atoms with van der Waals surface area (Å²) in [5.74, 6) is -0.829. The number of carbonyl (C=O) groups excluding carboxylic acids is 1. The van der Waals surface area contributed by atoms with E-state index in [4.69, 9.17) is 11.6 Å². The smallest absolute Gasteiger partial charge is 0.258 e. The van der Waals surface area contributed by atoms with Crippen molar-refractivity contribution in [1.82, 2.24) is 10.1 Å². The Morgan fingerprint density at radius 1 is 1.11 bits per heavy atom. The van der Waals surface area contributed by atoms with Crippen molar-refractivity contribution >= 4 is 33.7 Å². The third-order valence-electron chi connectivity index (χ3n) is 3.85. The van der Waals surface area contributed by atoms with E-state index < -0.39 is 22.0 Å². The second-order valence-corrected chi connectivity index (χ2v) is 8.53. The zero-order valence-corrected chi connectivity index (χ0v) is 16.9. The van der Waals surface area contributed by atoms with Crippen LogP contribution < -0.4 is 10.1 Å². The van der Waals surface area contributed by atoms with Gasteiger partial charge in [-0.2, -0.15) is 9.82 Å². The van der Waals surface area contributed by atoms with Gasteiger partial charge in [0.05, 0.1) is 11.1 Å². The molecule has 0 aliphatic heterocycles. The maximum Gasteiger partial charge on any atom is 0.258 e. The molecule has 8 heteroatoms. The number of benzene rings is 2. The van der Waals surface area contributed by atoms with Gasteiger partial charge in [-0.05, 0) is 31.0 Å². The molecular formula is C19H22ClN3O3S. The van der Waals surface area contributed by atoms with Crippen molar-refractivity contribution < 1.29 is 13.2 Å². The lowest BCUT2D eigenvalue weighted by Gasteiger charge is -2.20. The van der Waals surface area contributed by atoms with Crippen LogP contribution in [0.25, 0.3) is 0 Å². The van der Waals surface area contributed by atoms with Gasteiger partial charge in [0.1, 0.15) is 6.04 Å². The molecule has 0 aliphatic carbocycles. The van der Waals surface area contributed by atoms with Gasteiger partial charge >= 0.3 is 0 Å². The van der Waals surface area contributed by atoms with Gasteiger partial charge in [-0.3, -0.25) is 4.79 Å². The van der Waals surface area contributed by atoms with E-state index in [-0.39, 0.29) is 10.8 Å². The molecule has 2 aromatic rings. The highest BCUT2D eigenvalue weighted by Crippen LogP contribution is 2.14. The van der Waals surface area contributed by atoms with E-state index in [9.17, 15) is 13.2 Å². The molecule has 1 amide bonds. The molecule has 2 aromatic carbocycles. The van der Waals surface area contributed by atoms with Crippen LogP contribution in [0.2, 0.25) is 5.02 Å². The summed E-state index contributed by atoms with van der Waals surface area (Å²) in [4.78, 5) is 12.5. The minimum Gasteiger partial charge on any atom is -0.271 e. The zero-order chi connectivity index (χ0) is 20.0. The topological polar surface area (TPSA) is 87.6 Å². The Morgan fingerprint density at radius 2 is 1.74 bits per heavy atom. The Balaban J connectivity index is 2.11. The number of aryl methyl sites for hydroxylation is 1. The van der Waals surface area contributed by atoms with Crippen LogP contribution >= 0.6 is 11.6 Å². The first kappa shape index (κ1) is 21.1. The van der Waals surface area contributed by atoms with Crippen molar-refractivity contribution in [3.8, 4) is 0 Å². The molecule has 6 nitrogen and oxygen atoms in total. The third-order valence-corrected chi connectivity index (χ3v) is 5.65. The van der Waals surface area contributed by atoms with E-state index in [1.807, 2.05) is 6.92 Å². The summed E-state index contributed by atoms with van der Waals surface area (Å²) >= 11 is 6.02. The molecule has 0 saturated carbocycles. The Bertz CT molecular complexity index is 925. The van der Waals surface area contributed by atoms with Crippen LogP contribution in [0.5, 0.6) is 0 Å². The molecule has 2 N–H and O–H groups in total. The highest BCUT2D eigenvalue weighted by molar-refractivity contribution is 7.89. The summed E-state index contributed by atoms with van der Waals surface area (Å²) in [6.07, 6.45) is 1.41. The van der Waals surface area contributed by atoms with Gasteiger partial charge in [0, 0.05) is 10.6 Å². The Kier molecular flexibility index (Phi) is 7.12. The molecular weight excluding hydrogens is 386 g/mol. The third kappa shape index (κ3) is 5.89.